The summed E-state index contributed by atoms with van der Waals surface area (Å²) in [6, 6.07) is 7.09. The van der Waals surface area contributed by atoms with Crippen LogP contribution in [0.25, 0.3) is 11.0 Å². The van der Waals surface area contributed by atoms with Crippen molar-refractivity contribution in [2.75, 3.05) is 19.3 Å². The predicted octanol–water partition coefficient (Wildman–Crippen LogP) is 4.97. The number of hydrogen-bond donors (Lipinski definition) is 2. The summed E-state index contributed by atoms with van der Waals surface area (Å²) >= 11 is 1.59. The normalized spacial score (nSPS) is 27.9. The molecule has 5 heterocycles. The van der Waals surface area contributed by atoms with Gasteiger partial charge in [0.15, 0.2) is 0 Å². The lowest BCUT2D eigenvalue weighted by Crippen LogP contribution is -2.36. The Hall–Kier alpha value is -2.93. The van der Waals surface area contributed by atoms with Crippen molar-refractivity contribution in [2.24, 2.45) is 7.05 Å². The quantitative estimate of drug-likeness (QED) is 0.494. The number of fused-ring (bicyclic) bond motifs is 4. The molecule has 4 atom stereocenters. The number of rotatable bonds is 3. The third kappa shape index (κ3) is 3.33. The maximum Gasteiger partial charge on any atom is 0.136 e. The third-order valence-corrected chi connectivity index (χ3v) is 10.7. The van der Waals surface area contributed by atoms with E-state index in [4.69, 9.17) is 20.7 Å². The van der Waals surface area contributed by atoms with Crippen molar-refractivity contribution in [2.45, 2.75) is 81.7 Å². The number of pyridine rings is 1. The summed E-state index contributed by atoms with van der Waals surface area (Å²) in [5.74, 6) is 1.32. The van der Waals surface area contributed by atoms with Crippen molar-refractivity contribution in [3.8, 4) is 6.07 Å². The molecule has 1 fully saturated rings. The number of anilines is 1. The molecule has 3 aromatic rings. The zero-order valence-electron chi connectivity index (χ0n) is 22.4. The molecule has 0 radical (unpaired) electrons. The molecule has 9 heteroatoms. The van der Waals surface area contributed by atoms with Crippen molar-refractivity contribution in [3.63, 3.8) is 0 Å². The summed E-state index contributed by atoms with van der Waals surface area (Å²) in [5, 5.41) is 15.6. The molecule has 2 aliphatic heterocycles. The minimum Gasteiger partial charge on any atom is -0.411 e. The molecule has 3 aromatic heterocycles. The highest BCUT2D eigenvalue weighted by Crippen LogP contribution is 2.57. The lowest BCUT2D eigenvalue weighted by atomic mass is 9.63. The number of aromatic nitrogens is 3. The van der Waals surface area contributed by atoms with Gasteiger partial charge >= 0.3 is 0 Å². The van der Waals surface area contributed by atoms with E-state index in [0.717, 1.165) is 78.8 Å². The second-order valence-corrected chi connectivity index (χ2v) is 12.8. The molecule has 1 spiro atoms. The van der Waals surface area contributed by atoms with Crippen molar-refractivity contribution >= 4 is 27.4 Å². The molecule has 1 saturated heterocycles. The first-order valence-corrected chi connectivity index (χ1v) is 14.8. The van der Waals surface area contributed by atoms with Gasteiger partial charge in [0.05, 0.1) is 27.9 Å². The molecule has 0 amide bonds. The van der Waals surface area contributed by atoms with Crippen LogP contribution in [0.4, 0.5) is 5.00 Å². The Balaban J connectivity index is 1.31. The molecule has 0 aromatic carbocycles. The van der Waals surface area contributed by atoms with Crippen molar-refractivity contribution < 1.29 is 4.84 Å². The number of hydroxylamine groups is 1. The predicted molar refractivity (Wildman–Crippen MR) is 148 cm³/mol. The van der Waals surface area contributed by atoms with Gasteiger partial charge in [-0.3, -0.25) is 4.68 Å². The van der Waals surface area contributed by atoms with E-state index in [-0.39, 0.29) is 11.5 Å². The maximum absolute atomic E-state index is 10.00. The van der Waals surface area contributed by atoms with E-state index in [1.807, 2.05) is 11.7 Å². The van der Waals surface area contributed by atoms with Gasteiger partial charge in [-0.2, -0.15) is 10.4 Å². The van der Waals surface area contributed by atoms with Crippen LogP contribution in [-0.2, 0) is 23.7 Å². The van der Waals surface area contributed by atoms with Gasteiger partial charge in [0.1, 0.15) is 28.4 Å². The van der Waals surface area contributed by atoms with E-state index in [1.54, 1.807) is 11.3 Å². The molecular weight excluding hydrogens is 494 g/mol. The summed E-state index contributed by atoms with van der Waals surface area (Å²) < 4.78 is 1.97. The van der Waals surface area contributed by atoms with Gasteiger partial charge in [-0.1, -0.05) is 6.92 Å². The molecule has 4 aliphatic rings. The average molecular weight is 530 g/mol. The average Bonchev–Trinajstić information content (AvgIpc) is 3.68. The van der Waals surface area contributed by atoms with Crippen LogP contribution in [0.2, 0.25) is 0 Å². The van der Waals surface area contributed by atoms with Gasteiger partial charge in [-0.15, -0.1) is 16.8 Å². The number of aryl methyl sites for hydroxylation is 2. The first-order valence-electron chi connectivity index (χ1n) is 13.9. The Morgan fingerprint density at radius 3 is 2.82 bits per heavy atom. The maximum atomic E-state index is 10.00. The SMILES string of the molecule is C[C@H](c1nn(C)c2ccc(C3NOC4=C3CCC[C@@]43CCCc4sc(N)c(C#N)c43)nc12)[C@@H]1CCCN1C. The first kappa shape index (κ1) is 24.1. The number of nitrogens with zero attached hydrogens (tertiary/aromatic N) is 5. The number of nitriles is 1. The lowest BCUT2D eigenvalue weighted by Gasteiger charge is -2.40. The number of thiophene rings is 1. The minimum absolute atomic E-state index is 0.101. The summed E-state index contributed by atoms with van der Waals surface area (Å²) in [7, 11) is 4.24. The summed E-state index contributed by atoms with van der Waals surface area (Å²) in [6.45, 7) is 3.44. The Labute approximate surface area is 227 Å². The zero-order valence-corrected chi connectivity index (χ0v) is 23.2. The summed E-state index contributed by atoms with van der Waals surface area (Å²) in [6.07, 6.45) is 8.52. The summed E-state index contributed by atoms with van der Waals surface area (Å²) in [5.41, 5.74) is 16.6. The highest BCUT2D eigenvalue weighted by Gasteiger charge is 2.51. The molecule has 7 rings (SSSR count). The number of allylic oxidation sites excluding steroid dienone is 1. The van der Waals surface area contributed by atoms with Crippen molar-refractivity contribution in [3.05, 3.63) is 50.9 Å². The van der Waals surface area contributed by atoms with Crippen LogP contribution < -0.4 is 11.2 Å². The smallest absolute Gasteiger partial charge is 0.136 e. The molecular formula is C29H35N7OS. The van der Waals surface area contributed by atoms with Crippen LogP contribution in [0.15, 0.2) is 23.5 Å². The second-order valence-electron chi connectivity index (χ2n) is 11.6. The number of nitrogen functional groups attached to an aromatic ring is 1. The Bertz CT molecular complexity index is 1510. The van der Waals surface area contributed by atoms with Crippen LogP contribution in [0.5, 0.6) is 0 Å². The van der Waals surface area contributed by atoms with Crippen LogP contribution in [0.3, 0.4) is 0 Å². The van der Waals surface area contributed by atoms with Crippen molar-refractivity contribution in [1.29, 1.82) is 5.26 Å². The highest BCUT2D eigenvalue weighted by atomic mass is 32.1. The van der Waals surface area contributed by atoms with Crippen LogP contribution in [-0.4, -0.2) is 39.3 Å². The van der Waals surface area contributed by atoms with E-state index in [2.05, 4.69) is 42.6 Å². The molecule has 2 aliphatic carbocycles. The van der Waals surface area contributed by atoms with Crippen LogP contribution in [0.1, 0.15) is 91.2 Å². The molecule has 8 nitrogen and oxygen atoms in total. The molecule has 3 N–H and O–H groups in total. The number of nitrogens with two attached hydrogens (primary N) is 1. The second kappa shape index (κ2) is 8.80. The largest absolute Gasteiger partial charge is 0.411 e. The lowest BCUT2D eigenvalue weighted by molar-refractivity contribution is 0.0773. The first-order chi connectivity index (χ1) is 18.4. The fraction of sp³-hybridized carbons (Fsp3) is 0.552. The van der Waals surface area contributed by atoms with E-state index in [9.17, 15) is 5.26 Å². The zero-order chi connectivity index (χ0) is 26.2. The van der Waals surface area contributed by atoms with Crippen LogP contribution >= 0.6 is 11.3 Å². The Kier molecular flexibility index (Phi) is 5.59. The monoisotopic (exact) mass is 529 g/mol. The van der Waals surface area contributed by atoms with E-state index in [1.165, 1.54) is 23.3 Å². The van der Waals surface area contributed by atoms with Gasteiger partial charge in [0, 0.05) is 23.9 Å². The topological polar surface area (TPSA) is 105 Å². The number of likely N-dealkylation sites (N-methyl/N-ethyl adjacent to an activating group) is 1. The fourth-order valence-electron chi connectivity index (χ4n) is 7.82. The third-order valence-electron chi connectivity index (χ3n) is 9.63. The van der Waals surface area contributed by atoms with Gasteiger partial charge in [0.2, 0.25) is 0 Å². The molecule has 0 bridgehead atoms. The molecule has 198 valence electrons. The van der Waals surface area contributed by atoms with Gasteiger partial charge in [-0.25, -0.2) is 4.98 Å². The number of hydrogen-bond acceptors (Lipinski definition) is 8. The van der Waals surface area contributed by atoms with Crippen LogP contribution in [0, 0.1) is 11.3 Å². The van der Waals surface area contributed by atoms with E-state index < -0.39 is 0 Å². The van der Waals surface area contributed by atoms with Gasteiger partial charge in [-0.05, 0) is 88.2 Å². The fourth-order valence-corrected chi connectivity index (χ4v) is 8.98. The highest BCUT2D eigenvalue weighted by molar-refractivity contribution is 7.16. The van der Waals surface area contributed by atoms with Gasteiger partial charge < -0.3 is 15.5 Å². The Morgan fingerprint density at radius 1 is 1.24 bits per heavy atom. The van der Waals surface area contributed by atoms with E-state index in [0.29, 0.717) is 22.5 Å². The number of nitrogens with one attached hydrogen (secondary N) is 1. The standard InChI is InChI=1S/C29H35N7OS/c1-16(20-8-6-14-35(20)2)24-26-21(36(3)33-24)11-10-19(32-26)25-17-7-4-12-29(27(17)37-34-25)13-5-9-22-23(29)18(15-30)28(31)38-22/h10-11,16,20,25,34H,4-9,12-14,31H2,1-3H3/t16-,20-,25?,29-/m0/s1. The van der Waals surface area contributed by atoms with E-state index >= 15 is 0 Å². The van der Waals surface area contributed by atoms with Gasteiger partial charge in [0.25, 0.3) is 0 Å². The summed E-state index contributed by atoms with van der Waals surface area (Å²) in [4.78, 5) is 15.4. The molecule has 38 heavy (non-hydrogen) atoms. The molecule has 1 unspecified atom stereocenters. The van der Waals surface area contributed by atoms with Crippen molar-refractivity contribution in [1.82, 2.24) is 25.1 Å². The molecule has 0 saturated carbocycles. The Morgan fingerprint density at radius 2 is 2.05 bits per heavy atom. The number of likely N-dealkylation sites (tertiary alicyclic amines) is 1. The minimum atomic E-state index is -0.271.